The highest BCUT2D eigenvalue weighted by molar-refractivity contribution is 7.15. The Hall–Kier alpha value is -2.77. The first-order valence-electron chi connectivity index (χ1n) is 8.58. The van der Waals surface area contributed by atoms with Crippen LogP contribution in [0.3, 0.4) is 0 Å². The van der Waals surface area contributed by atoms with Crippen molar-refractivity contribution < 1.29 is 9.59 Å². The molecule has 0 radical (unpaired) electrons. The minimum absolute atomic E-state index is 0.0794. The van der Waals surface area contributed by atoms with Crippen molar-refractivity contribution in [2.45, 2.75) is 19.3 Å². The number of anilines is 1. The monoisotopic (exact) mass is 395 g/mol. The van der Waals surface area contributed by atoms with Crippen molar-refractivity contribution in [3.63, 3.8) is 0 Å². The first-order valence-corrected chi connectivity index (χ1v) is 10.3. The van der Waals surface area contributed by atoms with Crippen LogP contribution in [0.15, 0.2) is 59.6 Å². The second-order valence-corrected chi connectivity index (χ2v) is 7.92. The molecule has 3 heterocycles. The lowest BCUT2D eigenvalue weighted by atomic mass is 10.1. The largest absolute Gasteiger partial charge is 0.326 e. The lowest BCUT2D eigenvalue weighted by molar-refractivity contribution is -0.116. The van der Waals surface area contributed by atoms with Crippen LogP contribution in [0.2, 0.25) is 0 Å². The van der Waals surface area contributed by atoms with Crippen molar-refractivity contribution >= 4 is 45.0 Å². The second kappa shape index (κ2) is 7.85. The number of thiophene rings is 1. The summed E-state index contributed by atoms with van der Waals surface area (Å²) in [5.74, 6) is 0.0198. The summed E-state index contributed by atoms with van der Waals surface area (Å²) in [5.41, 5.74) is 2.66. The summed E-state index contributed by atoms with van der Waals surface area (Å²) in [7, 11) is 0. The summed E-state index contributed by atoms with van der Waals surface area (Å²) >= 11 is 3.03. The average Bonchev–Trinajstić information content (AvgIpc) is 3.39. The summed E-state index contributed by atoms with van der Waals surface area (Å²) in [4.78, 5) is 30.3. The van der Waals surface area contributed by atoms with E-state index in [1.54, 1.807) is 11.3 Å². The first kappa shape index (κ1) is 17.6. The van der Waals surface area contributed by atoms with Gasteiger partial charge in [0.2, 0.25) is 5.91 Å². The summed E-state index contributed by atoms with van der Waals surface area (Å²) < 4.78 is 1.99. The number of rotatable bonds is 7. The van der Waals surface area contributed by atoms with Gasteiger partial charge in [-0.05, 0) is 30.0 Å². The van der Waals surface area contributed by atoms with Gasteiger partial charge in [0.1, 0.15) is 0 Å². The molecule has 136 valence electrons. The number of carbonyl (C=O) groups excluding carboxylic acids is 2. The summed E-state index contributed by atoms with van der Waals surface area (Å²) in [5, 5.41) is 6.76. The molecule has 5 nitrogen and oxygen atoms in total. The number of Topliss-reactive ketones (excluding diaryl/α,β-unsaturated/α-hetero) is 1. The first-order chi connectivity index (χ1) is 13.2. The highest BCUT2D eigenvalue weighted by Crippen LogP contribution is 2.23. The topological polar surface area (TPSA) is 63.5 Å². The normalized spacial score (nSPS) is 11.0. The molecule has 0 aliphatic heterocycles. The number of aromatic nitrogens is 2. The number of nitrogens with zero attached hydrogens (tertiary/aromatic N) is 2. The third-order valence-corrected chi connectivity index (χ3v) is 5.84. The molecule has 4 rings (SSSR count). The van der Waals surface area contributed by atoms with Gasteiger partial charge in [-0.3, -0.25) is 14.0 Å². The van der Waals surface area contributed by atoms with Crippen molar-refractivity contribution in [2.24, 2.45) is 0 Å². The number of hydrogen-bond acceptors (Lipinski definition) is 5. The number of ketones is 1. The molecule has 0 saturated heterocycles. The van der Waals surface area contributed by atoms with Gasteiger partial charge < -0.3 is 5.32 Å². The van der Waals surface area contributed by atoms with Gasteiger partial charge >= 0.3 is 0 Å². The van der Waals surface area contributed by atoms with Crippen LogP contribution in [-0.4, -0.2) is 21.1 Å². The highest BCUT2D eigenvalue weighted by atomic mass is 32.1. The zero-order valence-corrected chi connectivity index (χ0v) is 16.1. The van der Waals surface area contributed by atoms with Crippen LogP contribution in [0.4, 0.5) is 5.69 Å². The Morgan fingerprint density at radius 1 is 1.04 bits per heavy atom. The SMILES string of the molecule is O=C(CCCC(=O)c1cccs1)Nc1ccc(-c2cn3ccsc3n2)cc1. The maximum atomic E-state index is 12.1. The molecule has 1 amide bonds. The predicted octanol–water partition coefficient (Wildman–Crippen LogP) is 5.12. The highest BCUT2D eigenvalue weighted by Gasteiger charge is 2.09. The number of hydrogen-bond donors (Lipinski definition) is 1. The van der Waals surface area contributed by atoms with Crippen molar-refractivity contribution in [2.75, 3.05) is 5.32 Å². The molecule has 1 aromatic carbocycles. The van der Waals surface area contributed by atoms with Gasteiger partial charge in [-0.25, -0.2) is 4.98 Å². The number of imidazole rings is 1. The van der Waals surface area contributed by atoms with Crippen LogP contribution in [0.25, 0.3) is 16.2 Å². The molecule has 27 heavy (non-hydrogen) atoms. The fraction of sp³-hybridized carbons (Fsp3) is 0.150. The van der Waals surface area contributed by atoms with E-state index >= 15 is 0 Å². The summed E-state index contributed by atoms with van der Waals surface area (Å²) in [6.45, 7) is 0. The molecule has 1 N–H and O–H groups in total. The Kier molecular flexibility index (Phi) is 5.13. The van der Waals surface area contributed by atoms with Crippen molar-refractivity contribution in [3.05, 3.63) is 64.4 Å². The van der Waals surface area contributed by atoms with Crippen LogP contribution < -0.4 is 5.32 Å². The van der Waals surface area contributed by atoms with Gasteiger partial charge in [0.15, 0.2) is 10.7 Å². The Labute approximate surface area is 164 Å². The summed E-state index contributed by atoms with van der Waals surface area (Å²) in [6, 6.07) is 11.3. The molecule has 0 saturated carbocycles. The third-order valence-electron chi connectivity index (χ3n) is 4.16. The molecule has 4 aromatic rings. The summed E-state index contributed by atoms with van der Waals surface area (Å²) in [6.07, 6.45) is 5.24. The zero-order chi connectivity index (χ0) is 18.6. The van der Waals surface area contributed by atoms with E-state index in [1.807, 2.05) is 64.0 Å². The zero-order valence-electron chi connectivity index (χ0n) is 14.4. The molecule has 0 atom stereocenters. The van der Waals surface area contributed by atoms with Gasteiger partial charge in [0.05, 0.1) is 10.6 Å². The van der Waals surface area contributed by atoms with E-state index in [-0.39, 0.29) is 11.7 Å². The Balaban J connectivity index is 1.29. The maximum Gasteiger partial charge on any atom is 0.224 e. The number of benzene rings is 1. The molecule has 0 aliphatic carbocycles. The predicted molar refractivity (Wildman–Crippen MR) is 110 cm³/mol. The van der Waals surface area contributed by atoms with Gasteiger partial charge in [0, 0.05) is 41.9 Å². The van der Waals surface area contributed by atoms with E-state index < -0.39 is 0 Å². The number of nitrogens with one attached hydrogen (secondary N) is 1. The Morgan fingerprint density at radius 3 is 2.63 bits per heavy atom. The molecule has 0 bridgehead atoms. The number of thiazole rings is 1. The maximum absolute atomic E-state index is 12.1. The van der Waals surface area contributed by atoms with Crippen molar-refractivity contribution in [3.8, 4) is 11.3 Å². The second-order valence-electron chi connectivity index (χ2n) is 6.10. The Bertz CT molecular complexity index is 1030. The van der Waals surface area contributed by atoms with E-state index in [0.29, 0.717) is 19.3 Å². The molecule has 0 aliphatic rings. The number of amides is 1. The smallest absolute Gasteiger partial charge is 0.224 e. The lowest BCUT2D eigenvalue weighted by Gasteiger charge is -2.06. The minimum atomic E-state index is -0.0794. The van der Waals surface area contributed by atoms with Crippen LogP contribution in [0.1, 0.15) is 28.9 Å². The number of fused-ring (bicyclic) bond motifs is 1. The molecule has 3 aromatic heterocycles. The van der Waals surface area contributed by atoms with E-state index in [4.69, 9.17) is 0 Å². The Morgan fingerprint density at radius 2 is 1.89 bits per heavy atom. The van der Waals surface area contributed by atoms with Crippen LogP contribution in [0.5, 0.6) is 0 Å². The van der Waals surface area contributed by atoms with Crippen molar-refractivity contribution in [1.29, 1.82) is 0 Å². The standard InChI is InChI=1S/C20H17N3O2S2/c24-17(18-4-2-11-26-18)3-1-5-19(25)21-15-8-6-14(7-9-15)16-13-23-10-12-27-20(23)22-16/h2,4,6-13H,1,3,5H2,(H,21,25). The van der Waals surface area contributed by atoms with Crippen LogP contribution >= 0.6 is 22.7 Å². The molecular weight excluding hydrogens is 378 g/mol. The fourth-order valence-corrected chi connectivity index (χ4v) is 4.18. The van der Waals surface area contributed by atoms with E-state index in [9.17, 15) is 9.59 Å². The van der Waals surface area contributed by atoms with Crippen LogP contribution in [0, 0.1) is 0 Å². The fourth-order valence-electron chi connectivity index (χ4n) is 2.78. The van der Waals surface area contributed by atoms with Gasteiger partial charge in [-0.15, -0.1) is 22.7 Å². The number of carbonyl (C=O) groups is 2. The van der Waals surface area contributed by atoms with Crippen molar-refractivity contribution in [1.82, 2.24) is 9.38 Å². The van der Waals surface area contributed by atoms with E-state index in [2.05, 4.69) is 10.3 Å². The van der Waals surface area contributed by atoms with Gasteiger partial charge in [0.25, 0.3) is 0 Å². The average molecular weight is 396 g/mol. The molecule has 0 spiro atoms. The molecule has 7 heteroatoms. The molecular formula is C20H17N3O2S2. The quantitative estimate of drug-likeness (QED) is 0.442. The lowest BCUT2D eigenvalue weighted by Crippen LogP contribution is -2.11. The van der Waals surface area contributed by atoms with Crippen LogP contribution in [-0.2, 0) is 4.79 Å². The third kappa shape index (κ3) is 4.15. The van der Waals surface area contributed by atoms with E-state index in [1.165, 1.54) is 11.3 Å². The van der Waals surface area contributed by atoms with E-state index in [0.717, 1.165) is 26.8 Å². The molecule has 0 fully saturated rings. The van der Waals surface area contributed by atoms with Gasteiger partial charge in [-0.1, -0.05) is 18.2 Å². The molecule has 0 unspecified atom stereocenters. The van der Waals surface area contributed by atoms with Gasteiger partial charge in [-0.2, -0.15) is 0 Å². The minimum Gasteiger partial charge on any atom is -0.326 e.